The Balaban J connectivity index is 2.10. The predicted octanol–water partition coefficient (Wildman–Crippen LogP) is 3.76. The molecule has 0 saturated heterocycles. The van der Waals surface area contributed by atoms with Crippen LogP contribution in [-0.4, -0.2) is 9.46 Å². The summed E-state index contributed by atoms with van der Waals surface area (Å²) in [6.45, 7) is 4.48. The molecule has 1 aromatic rings. The molecule has 0 radical (unpaired) electrons. The van der Waals surface area contributed by atoms with Gasteiger partial charge in [0.15, 0.2) is 0 Å². The number of rotatable bonds is 2. The Morgan fingerprint density at radius 2 is 2.00 bits per heavy atom. The molecule has 3 heteroatoms. The van der Waals surface area contributed by atoms with E-state index in [1.807, 2.05) is 0 Å². The Hall–Kier alpha value is -0.700. The quantitative estimate of drug-likeness (QED) is 0.785. The monoisotopic (exact) mass is 254 g/mol. The van der Waals surface area contributed by atoms with Crippen LogP contribution in [0.1, 0.15) is 33.1 Å². The topological polar surface area (TPSA) is 17.1 Å². The van der Waals surface area contributed by atoms with E-state index in [1.165, 1.54) is 12.1 Å². The van der Waals surface area contributed by atoms with Gasteiger partial charge in [-0.15, -0.1) is 0 Å². The number of halogens is 1. The standard InChI is InChI=1S/C14H19FOS/c1-10-6-7-14(8-11(10)2)17(16)13-5-3-4-12(15)9-13/h3-5,9-11,14H,6-8H2,1-2H3. The van der Waals surface area contributed by atoms with Crippen molar-refractivity contribution in [2.45, 2.75) is 43.3 Å². The Morgan fingerprint density at radius 3 is 2.65 bits per heavy atom. The lowest BCUT2D eigenvalue weighted by Gasteiger charge is -2.31. The summed E-state index contributed by atoms with van der Waals surface area (Å²) in [6.07, 6.45) is 3.12. The zero-order valence-corrected chi connectivity index (χ0v) is 11.2. The van der Waals surface area contributed by atoms with Crippen LogP contribution in [-0.2, 0) is 10.8 Å². The highest BCUT2D eigenvalue weighted by Gasteiger charge is 2.28. The van der Waals surface area contributed by atoms with E-state index in [1.54, 1.807) is 12.1 Å². The second-order valence-corrected chi connectivity index (χ2v) is 6.88. The van der Waals surface area contributed by atoms with Gasteiger partial charge in [0.05, 0.1) is 10.8 Å². The minimum atomic E-state index is -1.06. The summed E-state index contributed by atoms with van der Waals surface area (Å²) in [6, 6.07) is 6.20. The molecular weight excluding hydrogens is 235 g/mol. The van der Waals surface area contributed by atoms with Crippen molar-refractivity contribution in [2.75, 3.05) is 0 Å². The van der Waals surface area contributed by atoms with Gasteiger partial charge in [-0.05, 0) is 49.3 Å². The maximum absolute atomic E-state index is 13.1. The molecule has 94 valence electrons. The highest BCUT2D eigenvalue weighted by atomic mass is 32.2. The summed E-state index contributed by atoms with van der Waals surface area (Å²) < 4.78 is 25.4. The Labute approximate surface area is 105 Å². The molecule has 0 aliphatic heterocycles. The summed E-state index contributed by atoms with van der Waals surface area (Å²) in [5.41, 5.74) is 0. The third kappa shape index (κ3) is 2.95. The largest absolute Gasteiger partial charge is 0.254 e. The number of hydrogen-bond acceptors (Lipinski definition) is 1. The summed E-state index contributed by atoms with van der Waals surface area (Å²) >= 11 is 0. The molecule has 1 nitrogen and oxygen atoms in total. The summed E-state index contributed by atoms with van der Waals surface area (Å²) in [4.78, 5) is 0.636. The molecule has 1 fully saturated rings. The summed E-state index contributed by atoms with van der Waals surface area (Å²) in [5, 5.41) is 0.197. The number of hydrogen-bond donors (Lipinski definition) is 0. The Morgan fingerprint density at radius 1 is 1.24 bits per heavy atom. The van der Waals surface area contributed by atoms with Crippen molar-refractivity contribution >= 4 is 10.8 Å². The molecule has 17 heavy (non-hydrogen) atoms. The SMILES string of the molecule is CC1CCC(S(=O)c2cccc(F)c2)CC1C. The number of benzene rings is 1. The second kappa shape index (κ2) is 5.30. The van der Waals surface area contributed by atoms with Gasteiger partial charge in [-0.25, -0.2) is 4.39 Å². The maximum Gasteiger partial charge on any atom is 0.124 e. The van der Waals surface area contributed by atoms with E-state index >= 15 is 0 Å². The van der Waals surface area contributed by atoms with Gasteiger partial charge in [0.2, 0.25) is 0 Å². The molecule has 0 spiro atoms. The zero-order chi connectivity index (χ0) is 12.4. The molecule has 0 heterocycles. The van der Waals surface area contributed by atoms with Crippen LogP contribution < -0.4 is 0 Å². The average molecular weight is 254 g/mol. The van der Waals surface area contributed by atoms with Crippen molar-refractivity contribution in [3.8, 4) is 0 Å². The van der Waals surface area contributed by atoms with Crippen LogP contribution in [0.15, 0.2) is 29.2 Å². The highest BCUT2D eigenvalue weighted by Crippen LogP contribution is 2.33. The summed E-state index contributed by atoms with van der Waals surface area (Å²) in [5.74, 6) is 1.04. The van der Waals surface area contributed by atoms with E-state index in [2.05, 4.69) is 13.8 Å². The molecule has 0 amide bonds. The van der Waals surface area contributed by atoms with Crippen LogP contribution in [0.4, 0.5) is 4.39 Å². The van der Waals surface area contributed by atoms with Gasteiger partial charge < -0.3 is 0 Å². The van der Waals surface area contributed by atoms with E-state index in [0.29, 0.717) is 10.8 Å². The average Bonchev–Trinajstić information content (AvgIpc) is 2.32. The van der Waals surface area contributed by atoms with Crippen molar-refractivity contribution < 1.29 is 8.60 Å². The van der Waals surface area contributed by atoms with Crippen LogP contribution >= 0.6 is 0 Å². The summed E-state index contributed by atoms with van der Waals surface area (Å²) in [7, 11) is -1.06. The molecule has 1 aliphatic rings. The molecule has 0 N–H and O–H groups in total. The smallest absolute Gasteiger partial charge is 0.124 e. The van der Waals surface area contributed by atoms with Gasteiger partial charge in [-0.2, -0.15) is 0 Å². The third-order valence-electron chi connectivity index (χ3n) is 3.88. The molecule has 2 rings (SSSR count). The lowest BCUT2D eigenvalue weighted by atomic mass is 9.81. The van der Waals surface area contributed by atoms with E-state index in [0.717, 1.165) is 25.2 Å². The minimum absolute atomic E-state index is 0.197. The minimum Gasteiger partial charge on any atom is -0.254 e. The molecule has 0 bridgehead atoms. The second-order valence-electron chi connectivity index (χ2n) is 5.14. The maximum atomic E-state index is 13.1. The van der Waals surface area contributed by atoms with Crippen molar-refractivity contribution in [3.05, 3.63) is 30.1 Å². The van der Waals surface area contributed by atoms with Crippen molar-refractivity contribution in [3.63, 3.8) is 0 Å². The zero-order valence-electron chi connectivity index (χ0n) is 10.4. The van der Waals surface area contributed by atoms with Gasteiger partial charge in [-0.1, -0.05) is 19.9 Å². The molecule has 1 saturated carbocycles. The van der Waals surface area contributed by atoms with E-state index in [9.17, 15) is 8.60 Å². The first-order valence-corrected chi connectivity index (χ1v) is 7.45. The van der Waals surface area contributed by atoms with Crippen molar-refractivity contribution in [1.82, 2.24) is 0 Å². The first-order valence-electron chi connectivity index (χ1n) is 6.24. The molecule has 1 aromatic carbocycles. The first kappa shape index (κ1) is 12.7. The van der Waals surface area contributed by atoms with Gasteiger partial charge in [0, 0.05) is 10.1 Å². The van der Waals surface area contributed by atoms with Crippen LogP contribution in [0.3, 0.4) is 0 Å². The highest BCUT2D eigenvalue weighted by molar-refractivity contribution is 7.85. The van der Waals surface area contributed by atoms with Crippen LogP contribution in [0.5, 0.6) is 0 Å². The fourth-order valence-electron chi connectivity index (χ4n) is 2.48. The van der Waals surface area contributed by atoms with Gasteiger partial charge >= 0.3 is 0 Å². The normalized spacial score (nSPS) is 31.1. The molecule has 1 aliphatic carbocycles. The third-order valence-corrected chi connectivity index (χ3v) is 5.63. The van der Waals surface area contributed by atoms with E-state index in [4.69, 9.17) is 0 Å². The molecule has 0 aromatic heterocycles. The fraction of sp³-hybridized carbons (Fsp3) is 0.571. The molecule has 4 atom stereocenters. The molecule has 4 unspecified atom stereocenters. The van der Waals surface area contributed by atoms with Gasteiger partial charge in [-0.3, -0.25) is 4.21 Å². The Bertz CT molecular complexity index is 418. The van der Waals surface area contributed by atoms with Crippen LogP contribution in [0.25, 0.3) is 0 Å². The lowest BCUT2D eigenvalue weighted by molar-refractivity contribution is 0.281. The van der Waals surface area contributed by atoms with Gasteiger partial charge in [0.25, 0.3) is 0 Å². The Kier molecular flexibility index (Phi) is 3.97. The van der Waals surface area contributed by atoms with Gasteiger partial charge in [0.1, 0.15) is 5.82 Å². The van der Waals surface area contributed by atoms with E-state index < -0.39 is 10.8 Å². The molecular formula is C14H19FOS. The predicted molar refractivity (Wildman–Crippen MR) is 68.8 cm³/mol. The van der Waals surface area contributed by atoms with E-state index in [-0.39, 0.29) is 11.1 Å². The van der Waals surface area contributed by atoms with Crippen LogP contribution in [0, 0.1) is 17.7 Å². The fourth-order valence-corrected chi connectivity index (χ4v) is 4.13. The van der Waals surface area contributed by atoms with Crippen LogP contribution in [0.2, 0.25) is 0 Å². The lowest BCUT2D eigenvalue weighted by Crippen LogP contribution is -2.27. The van der Waals surface area contributed by atoms with Crippen molar-refractivity contribution in [1.29, 1.82) is 0 Å². The first-order chi connectivity index (χ1) is 8.08. The van der Waals surface area contributed by atoms with Crippen molar-refractivity contribution in [2.24, 2.45) is 11.8 Å².